The number of piperidine rings is 1. The maximum atomic E-state index is 12.8. The standard InChI is InChI=1S/C22H20F3N3O4/c23-22(24,25)32-16-3-1-15(2-4-16)21(30)28-9-7-14(8-10-28)20-18-6-5-17(31-13-29)11-19(18)26-12-27-20/h1-6,11-12,14,29H,7-10,13H2. The van der Waals surface area contributed by atoms with Gasteiger partial charge in [0.2, 0.25) is 0 Å². The maximum Gasteiger partial charge on any atom is 0.573 e. The van der Waals surface area contributed by atoms with Crippen molar-refractivity contribution in [3.8, 4) is 11.5 Å². The third-order valence-corrected chi connectivity index (χ3v) is 5.37. The number of alkyl halides is 3. The van der Waals surface area contributed by atoms with Gasteiger partial charge in [-0.05, 0) is 49.2 Å². The van der Waals surface area contributed by atoms with Gasteiger partial charge in [0.1, 0.15) is 17.8 Å². The number of hydrogen-bond donors (Lipinski definition) is 1. The minimum absolute atomic E-state index is 0.136. The van der Waals surface area contributed by atoms with Crippen LogP contribution in [0.15, 0.2) is 48.8 Å². The number of halogens is 3. The number of benzene rings is 2. The highest BCUT2D eigenvalue weighted by Gasteiger charge is 2.31. The van der Waals surface area contributed by atoms with Gasteiger partial charge in [0.15, 0.2) is 6.79 Å². The molecule has 2 heterocycles. The lowest BCUT2D eigenvalue weighted by Gasteiger charge is -2.32. The number of carbonyl (C=O) groups is 1. The first kappa shape index (κ1) is 21.8. The summed E-state index contributed by atoms with van der Waals surface area (Å²) < 4.78 is 45.8. The van der Waals surface area contributed by atoms with Gasteiger partial charge in [0.05, 0.1) is 11.2 Å². The number of aliphatic hydroxyl groups excluding tert-OH is 1. The topological polar surface area (TPSA) is 84.8 Å². The molecule has 1 N–H and O–H groups in total. The smallest absolute Gasteiger partial charge is 0.468 e. The van der Waals surface area contributed by atoms with Crippen molar-refractivity contribution in [3.05, 3.63) is 60.0 Å². The largest absolute Gasteiger partial charge is 0.573 e. The van der Waals surface area contributed by atoms with Crippen LogP contribution in [-0.2, 0) is 0 Å². The summed E-state index contributed by atoms with van der Waals surface area (Å²) in [7, 11) is 0. The van der Waals surface area contributed by atoms with Gasteiger partial charge in [-0.25, -0.2) is 9.97 Å². The van der Waals surface area contributed by atoms with Crippen LogP contribution in [0.25, 0.3) is 10.9 Å². The number of nitrogens with zero attached hydrogens (tertiary/aromatic N) is 3. The second-order valence-electron chi connectivity index (χ2n) is 7.35. The van der Waals surface area contributed by atoms with E-state index in [1.165, 1.54) is 18.5 Å². The van der Waals surface area contributed by atoms with Crippen molar-refractivity contribution in [3.63, 3.8) is 0 Å². The van der Waals surface area contributed by atoms with Gasteiger partial charge < -0.3 is 19.5 Å². The Bertz CT molecular complexity index is 1100. The van der Waals surface area contributed by atoms with E-state index in [1.807, 2.05) is 6.07 Å². The Morgan fingerprint density at radius 1 is 1.06 bits per heavy atom. The fraction of sp³-hybridized carbons (Fsp3) is 0.318. The molecule has 0 bridgehead atoms. The molecule has 2 aromatic carbocycles. The van der Waals surface area contributed by atoms with Crippen LogP contribution >= 0.6 is 0 Å². The average molecular weight is 447 g/mol. The Balaban J connectivity index is 1.42. The van der Waals surface area contributed by atoms with Crippen LogP contribution in [0.5, 0.6) is 11.5 Å². The first-order valence-corrected chi connectivity index (χ1v) is 9.97. The minimum atomic E-state index is -4.77. The molecule has 32 heavy (non-hydrogen) atoms. The fourth-order valence-electron chi connectivity index (χ4n) is 3.89. The molecule has 3 aromatic rings. The van der Waals surface area contributed by atoms with Crippen LogP contribution in [0, 0.1) is 0 Å². The lowest BCUT2D eigenvalue weighted by molar-refractivity contribution is -0.274. The Hall–Kier alpha value is -3.40. The van der Waals surface area contributed by atoms with Gasteiger partial charge in [-0.1, -0.05) is 0 Å². The number of ether oxygens (including phenoxy) is 2. The highest BCUT2D eigenvalue weighted by Crippen LogP contribution is 2.33. The van der Waals surface area contributed by atoms with Crippen LogP contribution < -0.4 is 9.47 Å². The molecule has 1 fully saturated rings. The predicted molar refractivity (Wildman–Crippen MR) is 108 cm³/mol. The molecule has 1 aliphatic rings. The van der Waals surface area contributed by atoms with E-state index in [-0.39, 0.29) is 17.6 Å². The van der Waals surface area contributed by atoms with Crippen molar-refractivity contribution in [2.45, 2.75) is 25.1 Å². The molecule has 10 heteroatoms. The van der Waals surface area contributed by atoms with E-state index in [4.69, 9.17) is 9.84 Å². The van der Waals surface area contributed by atoms with Crippen molar-refractivity contribution < 1.29 is 32.5 Å². The number of aliphatic hydroxyl groups is 1. The monoisotopic (exact) mass is 447 g/mol. The third-order valence-electron chi connectivity index (χ3n) is 5.37. The lowest BCUT2D eigenvalue weighted by Crippen LogP contribution is -2.38. The summed E-state index contributed by atoms with van der Waals surface area (Å²) in [5.41, 5.74) is 1.91. The molecule has 0 saturated carbocycles. The average Bonchev–Trinajstić information content (AvgIpc) is 2.78. The lowest BCUT2D eigenvalue weighted by atomic mass is 9.90. The molecule has 1 aliphatic heterocycles. The van der Waals surface area contributed by atoms with E-state index in [1.54, 1.807) is 17.0 Å². The van der Waals surface area contributed by atoms with Gasteiger partial charge in [-0.3, -0.25) is 4.79 Å². The summed E-state index contributed by atoms with van der Waals surface area (Å²) in [6.45, 7) is 0.580. The molecule has 1 aromatic heterocycles. The Kier molecular flexibility index (Phi) is 6.13. The van der Waals surface area contributed by atoms with Crippen LogP contribution in [0.2, 0.25) is 0 Å². The molecule has 1 amide bonds. The predicted octanol–water partition coefficient (Wildman–Crippen LogP) is 3.88. The van der Waals surface area contributed by atoms with Crippen LogP contribution in [0.3, 0.4) is 0 Å². The molecule has 4 rings (SSSR count). The summed E-state index contributed by atoms with van der Waals surface area (Å²) in [6, 6.07) is 10.3. The van der Waals surface area contributed by atoms with Crippen LogP contribution in [0.1, 0.15) is 34.8 Å². The zero-order valence-electron chi connectivity index (χ0n) is 16.9. The summed E-state index contributed by atoms with van der Waals surface area (Å²) in [5, 5.41) is 9.81. The van der Waals surface area contributed by atoms with Crippen molar-refractivity contribution in [1.82, 2.24) is 14.9 Å². The quantitative estimate of drug-likeness (QED) is 0.598. The molecular weight excluding hydrogens is 427 g/mol. The van der Waals surface area contributed by atoms with Crippen molar-refractivity contribution in [2.24, 2.45) is 0 Å². The van der Waals surface area contributed by atoms with Gasteiger partial charge in [-0.15, -0.1) is 13.2 Å². The Labute approximate surface area is 181 Å². The van der Waals surface area contributed by atoms with Crippen molar-refractivity contribution in [2.75, 3.05) is 19.9 Å². The number of hydrogen-bond acceptors (Lipinski definition) is 6. The van der Waals surface area contributed by atoms with Crippen LogP contribution in [0.4, 0.5) is 13.2 Å². The van der Waals surface area contributed by atoms with Crippen LogP contribution in [-0.4, -0.2) is 52.1 Å². The second kappa shape index (κ2) is 8.99. The van der Waals surface area contributed by atoms with Crippen molar-refractivity contribution in [1.29, 1.82) is 0 Å². The SMILES string of the molecule is O=C(c1ccc(OC(F)(F)F)cc1)N1CCC(c2ncnc3cc(OCO)ccc23)CC1. The molecule has 7 nitrogen and oxygen atoms in total. The van der Waals surface area contributed by atoms with E-state index in [0.717, 1.165) is 23.2 Å². The number of likely N-dealkylation sites (tertiary alicyclic amines) is 1. The molecule has 0 atom stereocenters. The molecule has 0 radical (unpaired) electrons. The van der Waals surface area contributed by atoms with E-state index in [2.05, 4.69) is 14.7 Å². The van der Waals surface area contributed by atoms with E-state index in [9.17, 15) is 18.0 Å². The van der Waals surface area contributed by atoms with Gasteiger partial charge in [-0.2, -0.15) is 0 Å². The molecular formula is C22H20F3N3O4. The third kappa shape index (κ3) is 4.91. The minimum Gasteiger partial charge on any atom is -0.468 e. The number of rotatable bonds is 5. The summed E-state index contributed by atoms with van der Waals surface area (Å²) in [5.74, 6) is 0.0460. The second-order valence-corrected chi connectivity index (χ2v) is 7.35. The molecule has 0 aliphatic carbocycles. The molecule has 168 valence electrons. The molecule has 1 saturated heterocycles. The van der Waals surface area contributed by atoms with Gasteiger partial charge in [0, 0.05) is 36.0 Å². The zero-order valence-corrected chi connectivity index (χ0v) is 16.9. The zero-order chi connectivity index (χ0) is 22.7. The highest BCUT2D eigenvalue weighted by atomic mass is 19.4. The van der Waals surface area contributed by atoms with Gasteiger partial charge in [0.25, 0.3) is 5.91 Å². The van der Waals surface area contributed by atoms with E-state index < -0.39 is 13.2 Å². The van der Waals surface area contributed by atoms with Crippen molar-refractivity contribution >= 4 is 16.8 Å². The highest BCUT2D eigenvalue weighted by molar-refractivity contribution is 5.94. The van der Waals surface area contributed by atoms with E-state index in [0.29, 0.717) is 42.8 Å². The first-order chi connectivity index (χ1) is 15.3. The Morgan fingerprint density at radius 3 is 2.41 bits per heavy atom. The number of aromatic nitrogens is 2. The summed E-state index contributed by atoms with van der Waals surface area (Å²) in [4.78, 5) is 23.2. The fourth-order valence-corrected chi connectivity index (χ4v) is 3.89. The van der Waals surface area contributed by atoms with Gasteiger partial charge >= 0.3 is 6.36 Å². The van der Waals surface area contributed by atoms with E-state index >= 15 is 0 Å². The summed E-state index contributed by atoms with van der Waals surface area (Å²) in [6.07, 6.45) is -1.89. The molecule has 0 unspecified atom stereocenters. The normalized spacial score (nSPS) is 15.1. The number of carbonyl (C=O) groups excluding carboxylic acids is 1. The summed E-state index contributed by atoms with van der Waals surface area (Å²) >= 11 is 0. The first-order valence-electron chi connectivity index (χ1n) is 9.97. The number of fused-ring (bicyclic) bond motifs is 1. The number of amides is 1. The Morgan fingerprint density at radius 2 is 1.75 bits per heavy atom. The molecule has 0 spiro atoms. The maximum absolute atomic E-state index is 12.8.